The molecule has 0 unspecified atom stereocenters. The second-order valence-electron chi connectivity index (χ2n) is 15.1. The van der Waals surface area contributed by atoms with Gasteiger partial charge in [0.25, 0.3) is 0 Å². The van der Waals surface area contributed by atoms with Gasteiger partial charge in [-0.05, 0) is 53.1 Å². The molecule has 0 aliphatic heterocycles. The second-order valence-corrected chi connectivity index (χ2v) is 15.1. The molecule has 0 radical (unpaired) electrons. The third-order valence-corrected chi connectivity index (χ3v) is 11.6. The molecule has 0 bridgehead atoms. The minimum Gasteiger partial charge on any atom is -0.456 e. The molecule has 4 nitrogen and oxygen atoms in total. The Morgan fingerprint density at radius 1 is 0.322 bits per heavy atom. The van der Waals surface area contributed by atoms with Gasteiger partial charge in [-0.25, -0.2) is 15.0 Å². The molecule has 0 saturated heterocycles. The van der Waals surface area contributed by atoms with E-state index in [2.05, 4.69) is 176 Å². The Balaban J connectivity index is 0.977. The number of pyridine rings is 3. The monoisotopic (exact) mass is 751 g/mol. The zero-order chi connectivity index (χ0) is 38.9. The fraction of sp³-hybridized carbons (Fsp3) is 0. The first-order valence-electron chi connectivity index (χ1n) is 19.9. The highest BCUT2D eigenvalue weighted by Gasteiger charge is 2.21. The third-order valence-electron chi connectivity index (χ3n) is 11.6. The molecule has 0 N–H and O–H groups in total. The highest BCUT2D eigenvalue weighted by Crippen LogP contribution is 2.46. The minimum absolute atomic E-state index is 0.854. The lowest BCUT2D eigenvalue weighted by Crippen LogP contribution is -1.93. The van der Waals surface area contributed by atoms with Gasteiger partial charge in [-0.2, -0.15) is 0 Å². The Kier molecular flexibility index (Phi) is 7.50. The van der Waals surface area contributed by atoms with Crippen molar-refractivity contribution in [2.24, 2.45) is 0 Å². The molecule has 8 aromatic carbocycles. The molecule has 0 atom stereocenters. The average molecular weight is 752 g/mol. The van der Waals surface area contributed by atoms with E-state index in [1.54, 1.807) is 0 Å². The lowest BCUT2D eigenvalue weighted by atomic mass is 9.89. The molecule has 0 saturated carbocycles. The molecule has 12 aromatic rings. The summed E-state index contributed by atoms with van der Waals surface area (Å²) in [7, 11) is 0. The van der Waals surface area contributed by atoms with Gasteiger partial charge in [0.1, 0.15) is 11.2 Å². The van der Waals surface area contributed by atoms with Gasteiger partial charge in [0.05, 0.1) is 33.6 Å². The summed E-state index contributed by atoms with van der Waals surface area (Å²) in [6.45, 7) is 0. The number of para-hydroxylation sites is 2. The maximum Gasteiger partial charge on any atom is 0.136 e. The van der Waals surface area contributed by atoms with E-state index < -0.39 is 0 Å². The third kappa shape index (κ3) is 5.49. The molecule has 4 heteroatoms. The fourth-order valence-electron chi connectivity index (χ4n) is 8.81. The van der Waals surface area contributed by atoms with Crippen molar-refractivity contribution < 1.29 is 4.42 Å². The Hall–Kier alpha value is -7.95. The van der Waals surface area contributed by atoms with E-state index in [0.29, 0.717) is 0 Å². The van der Waals surface area contributed by atoms with Crippen LogP contribution in [0.2, 0.25) is 0 Å². The van der Waals surface area contributed by atoms with Gasteiger partial charge in [0.2, 0.25) is 0 Å². The van der Waals surface area contributed by atoms with Crippen LogP contribution in [0.25, 0.3) is 121 Å². The van der Waals surface area contributed by atoms with E-state index in [0.717, 1.165) is 110 Å². The molecule has 0 fully saturated rings. The van der Waals surface area contributed by atoms with Crippen molar-refractivity contribution in [3.05, 3.63) is 200 Å². The molecule has 0 amide bonds. The zero-order valence-corrected chi connectivity index (χ0v) is 31.8. The highest BCUT2D eigenvalue weighted by atomic mass is 16.3. The van der Waals surface area contributed by atoms with Crippen LogP contribution in [-0.4, -0.2) is 15.0 Å². The van der Waals surface area contributed by atoms with E-state index in [1.807, 2.05) is 24.3 Å². The van der Waals surface area contributed by atoms with Crippen molar-refractivity contribution in [3.63, 3.8) is 0 Å². The molecule has 274 valence electrons. The van der Waals surface area contributed by atoms with Crippen LogP contribution in [0.1, 0.15) is 0 Å². The second kappa shape index (κ2) is 13.3. The van der Waals surface area contributed by atoms with Crippen LogP contribution in [0.5, 0.6) is 0 Å². The molecule has 4 aromatic heterocycles. The van der Waals surface area contributed by atoms with Gasteiger partial charge >= 0.3 is 0 Å². The first kappa shape index (κ1) is 33.2. The average Bonchev–Trinajstić information content (AvgIpc) is 3.69. The summed E-state index contributed by atoms with van der Waals surface area (Å²) in [5.41, 5.74) is 15.0. The van der Waals surface area contributed by atoms with Gasteiger partial charge in [0.15, 0.2) is 0 Å². The molecule has 12 rings (SSSR count). The molecule has 0 spiro atoms. The Morgan fingerprint density at radius 3 is 1.64 bits per heavy atom. The SMILES string of the molecule is c1ccc(-c2ccc3ccc4ccc(-c5cccc(-c6ccc(-c7nc8ccccc8c8c(-c9ccccc9)c9c(cc78)oc7ccccc79)cc6)c5)nc4c3n2)cc1. The van der Waals surface area contributed by atoms with Gasteiger partial charge in [0, 0.05) is 60.0 Å². The number of benzene rings is 8. The molecule has 59 heavy (non-hydrogen) atoms. The largest absolute Gasteiger partial charge is 0.456 e. The van der Waals surface area contributed by atoms with E-state index in [9.17, 15) is 0 Å². The number of aromatic nitrogens is 3. The summed E-state index contributed by atoms with van der Waals surface area (Å²) in [6.07, 6.45) is 0. The van der Waals surface area contributed by atoms with Crippen LogP contribution in [0.3, 0.4) is 0 Å². The molecular weight excluding hydrogens is 719 g/mol. The number of hydrogen-bond donors (Lipinski definition) is 0. The predicted octanol–water partition coefficient (Wildman–Crippen LogP) is 14.7. The van der Waals surface area contributed by atoms with Crippen LogP contribution < -0.4 is 0 Å². The number of rotatable bonds is 5. The predicted molar refractivity (Wildman–Crippen MR) is 244 cm³/mol. The van der Waals surface area contributed by atoms with Crippen molar-refractivity contribution in [3.8, 4) is 56.0 Å². The van der Waals surface area contributed by atoms with Crippen molar-refractivity contribution in [2.75, 3.05) is 0 Å². The number of nitrogens with zero attached hydrogens (tertiary/aromatic N) is 3. The summed E-state index contributed by atoms with van der Waals surface area (Å²) in [4.78, 5) is 15.7. The lowest BCUT2D eigenvalue weighted by Gasteiger charge is -2.16. The Labute approximate surface area is 339 Å². The smallest absolute Gasteiger partial charge is 0.136 e. The first-order valence-corrected chi connectivity index (χ1v) is 19.9. The van der Waals surface area contributed by atoms with Crippen molar-refractivity contribution in [1.82, 2.24) is 15.0 Å². The summed E-state index contributed by atoms with van der Waals surface area (Å²) in [5, 5.41) is 7.73. The topological polar surface area (TPSA) is 51.8 Å². The molecule has 4 heterocycles. The summed E-state index contributed by atoms with van der Waals surface area (Å²) in [6, 6.07) is 70.2. The maximum atomic E-state index is 6.58. The molecular formula is C55H33N3O. The van der Waals surface area contributed by atoms with Crippen molar-refractivity contribution in [1.29, 1.82) is 0 Å². The lowest BCUT2D eigenvalue weighted by molar-refractivity contribution is 0.669. The van der Waals surface area contributed by atoms with E-state index in [4.69, 9.17) is 19.4 Å². The quantitative estimate of drug-likeness (QED) is 0.164. The molecule has 0 aliphatic rings. The van der Waals surface area contributed by atoms with Gasteiger partial charge in [-0.15, -0.1) is 0 Å². The molecule has 0 aliphatic carbocycles. The van der Waals surface area contributed by atoms with Crippen LogP contribution in [-0.2, 0) is 0 Å². The number of hydrogen-bond acceptors (Lipinski definition) is 4. The number of furan rings is 1. The standard InChI is InChI=1S/C55H33N3O/c1-3-12-35(13-4-1)45-30-28-38-26-27-39-29-31-46(57-55(39)54(38)56-45)41-17-11-16-40(32-41)34-22-24-37(25-23-34)53-44-33-49-52(43-19-8-10-21-48(43)59-49)50(36-14-5-2-6-15-36)51(44)42-18-7-9-20-47(42)58-53/h1-33H. The zero-order valence-electron chi connectivity index (χ0n) is 31.8. The summed E-state index contributed by atoms with van der Waals surface area (Å²) >= 11 is 0. The normalized spacial score (nSPS) is 11.7. The van der Waals surface area contributed by atoms with Crippen molar-refractivity contribution in [2.45, 2.75) is 0 Å². The van der Waals surface area contributed by atoms with Gasteiger partial charge in [-0.3, -0.25) is 0 Å². The number of fused-ring (bicyclic) bond motifs is 9. The Morgan fingerprint density at radius 2 is 0.898 bits per heavy atom. The van der Waals surface area contributed by atoms with Gasteiger partial charge in [-0.1, -0.05) is 164 Å². The van der Waals surface area contributed by atoms with E-state index in [1.165, 1.54) is 10.9 Å². The van der Waals surface area contributed by atoms with Gasteiger partial charge < -0.3 is 4.42 Å². The van der Waals surface area contributed by atoms with Crippen molar-refractivity contribution >= 4 is 65.4 Å². The van der Waals surface area contributed by atoms with Crippen LogP contribution >= 0.6 is 0 Å². The first-order chi connectivity index (χ1) is 29.2. The summed E-state index contributed by atoms with van der Waals surface area (Å²) < 4.78 is 6.58. The van der Waals surface area contributed by atoms with E-state index in [-0.39, 0.29) is 0 Å². The van der Waals surface area contributed by atoms with Crippen LogP contribution in [0.4, 0.5) is 0 Å². The highest BCUT2D eigenvalue weighted by molar-refractivity contribution is 6.27. The Bertz CT molecular complexity index is 3590. The summed E-state index contributed by atoms with van der Waals surface area (Å²) in [5.74, 6) is 0. The minimum atomic E-state index is 0.854. The van der Waals surface area contributed by atoms with Crippen LogP contribution in [0.15, 0.2) is 205 Å². The van der Waals surface area contributed by atoms with E-state index >= 15 is 0 Å². The van der Waals surface area contributed by atoms with Crippen LogP contribution in [0, 0.1) is 0 Å². The maximum absolute atomic E-state index is 6.58. The fourth-order valence-corrected chi connectivity index (χ4v) is 8.81.